The Morgan fingerprint density at radius 3 is 2.46 bits per heavy atom. The second-order valence-electron chi connectivity index (χ2n) is 6.68. The van der Waals surface area contributed by atoms with E-state index in [-0.39, 0.29) is 18.3 Å². The van der Waals surface area contributed by atoms with E-state index in [0.717, 1.165) is 24.3 Å². The maximum atomic E-state index is 12.3. The summed E-state index contributed by atoms with van der Waals surface area (Å²) in [6.07, 6.45) is 4.88. The molecule has 2 unspecified atom stereocenters. The highest BCUT2D eigenvalue weighted by Gasteiger charge is 2.35. The molecule has 6 heteroatoms. The smallest absolute Gasteiger partial charge is 0.238 e. The lowest BCUT2D eigenvalue weighted by Gasteiger charge is -2.35. The molecule has 1 aromatic carbocycles. The Morgan fingerprint density at radius 1 is 1.25 bits per heavy atom. The maximum Gasteiger partial charge on any atom is 0.238 e. The monoisotopic (exact) mass is 353 g/mol. The van der Waals surface area contributed by atoms with Gasteiger partial charge in [-0.3, -0.25) is 9.69 Å². The Morgan fingerprint density at radius 2 is 1.88 bits per heavy atom. The fourth-order valence-corrected chi connectivity index (χ4v) is 3.74. The standard InChI is InChI=1S/C18H27N3O2.ClH/c1-3-23-17-8-6-13(7-9-17)20-18(22)12-21(2)16-10-14-4-5-15(11-16)19-14;/h6-9,14-16,19H,3-5,10-12H2,1-2H3,(H,20,22);1H. The number of rotatable bonds is 6. The van der Waals surface area contributed by atoms with Crippen LogP contribution in [0.15, 0.2) is 24.3 Å². The van der Waals surface area contributed by atoms with Crippen molar-refractivity contribution in [1.29, 1.82) is 0 Å². The summed E-state index contributed by atoms with van der Waals surface area (Å²) in [5, 5.41) is 6.61. The van der Waals surface area contributed by atoms with Crippen LogP contribution in [0.2, 0.25) is 0 Å². The van der Waals surface area contributed by atoms with Crippen LogP contribution in [0.4, 0.5) is 5.69 Å². The zero-order valence-electron chi connectivity index (χ0n) is 14.5. The van der Waals surface area contributed by atoms with Gasteiger partial charge >= 0.3 is 0 Å². The van der Waals surface area contributed by atoms with Gasteiger partial charge in [-0.15, -0.1) is 12.4 Å². The second-order valence-corrected chi connectivity index (χ2v) is 6.68. The largest absolute Gasteiger partial charge is 0.494 e. The number of hydrogen-bond donors (Lipinski definition) is 2. The molecule has 0 spiro atoms. The summed E-state index contributed by atoms with van der Waals surface area (Å²) in [7, 11) is 2.06. The van der Waals surface area contributed by atoms with E-state index in [1.807, 2.05) is 31.2 Å². The highest BCUT2D eigenvalue weighted by molar-refractivity contribution is 5.92. The number of ether oxygens (including phenoxy) is 1. The van der Waals surface area contributed by atoms with Gasteiger partial charge in [-0.05, 0) is 63.9 Å². The highest BCUT2D eigenvalue weighted by atomic mass is 35.5. The van der Waals surface area contributed by atoms with Gasteiger partial charge in [0.2, 0.25) is 5.91 Å². The Balaban J connectivity index is 0.00000208. The molecule has 2 atom stereocenters. The summed E-state index contributed by atoms with van der Waals surface area (Å²) in [6.45, 7) is 3.05. The zero-order valence-corrected chi connectivity index (χ0v) is 15.3. The molecular formula is C18H28ClN3O2. The molecule has 134 valence electrons. The number of piperidine rings is 1. The van der Waals surface area contributed by atoms with E-state index in [9.17, 15) is 4.79 Å². The van der Waals surface area contributed by atoms with Crippen molar-refractivity contribution < 1.29 is 9.53 Å². The molecule has 2 bridgehead atoms. The third-order valence-electron chi connectivity index (χ3n) is 4.91. The van der Waals surface area contributed by atoms with Crippen molar-refractivity contribution in [2.45, 2.75) is 50.7 Å². The van der Waals surface area contributed by atoms with Crippen LogP contribution >= 0.6 is 12.4 Å². The second kappa shape index (κ2) is 8.70. The molecule has 5 nitrogen and oxygen atoms in total. The van der Waals surface area contributed by atoms with E-state index in [0.29, 0.717) is 31.3 Å². The van der Waals surface area contributed by atoms with Crippen LogP contribution in [0, 0.1) is 0 Å². The van der Waals surface area contributed by atoms with Gasteiger partial charge in [-0.2, -0.15) is 0 Å². The first-order valence-electron chi connectivity index (χ1n) is 8.63. The van der Waals surface area contributed by atoms with E-state index in [2.05, 4.69) is 22.6 Å². The minimum Gasteiger partial charge on any atom is -0.494 e. The summed E-state index contributed by atoms with van der Waals surface area (Å²) < 4.78 is 5.41. The average Bonchev–Trinajstić information content (AvgIpc) is 2.87. The first-order chi connectivity index (χ1) is 11.1. The van der Waals surface area contributed by atoms with E-state index >= 15 is 0 Å². The Bertz CT molecular complexity index is 526. The van der Waals surface area contributed by atoms with E-state index < -0.39 is 0 Å². The van der Waals surface area contributed by atoms with Crippen LogP contribution in [0.25, 0.3) is 0 Å². The number of amides is 1. The van der Waals surface area contributed by atoms with Gasteiger partial charge in [-0.25, -0.2) is 0 Å². The summed E-state index contributed by atoms with van der Waals surface area (Å²) in [5.41, 5.74) is 0.817. The van der Waals surface area contributed by atoms with Gasteiger partial charge in [0.25, 0.3) is 0 Å². The fourth-order valence-electron chi connectivity index (χ4n) is 3.74. The normalized spacial score (nSPS) is 25.2. The van der Waals surface area contributed by atoms with Gasteiger partial charge < -0.3 is 15.4 Å². The van der Waals surface area contributed by atoms with Crippen LogP contribution in [0.1, 0.15) is 32.6 Å². The van der Waals surface area contributed by atoms with Crippen LogP contribution in [-0.4, -0.2) is 49.1 Å². The minimum atomic E-state index is 0. The first-order valence-corrected chi connectivity index (χ1v) is 8.63. The molecule has 0 saturated carbocycles. The van der Waals surface area contributed by atoms with Gasteiger partial charge in [0.1, 0.15) is 5.75 Å². The Hall–Kier alpha value is -1.30. The molecule has 2 aliphatic heterocycles. The third-order valence-corrected chi connectivity index (χ3v) is 4.91. The summed E-state index contributed by atoms with van der Waals surface area (Å²) in [6, 6.07) is 9.34. The number of carbonyl (C=O) groups excluding carboxylic acids is 1. The predicted molar refractivity (Wildman–Crippen MR) is 99.1 cm³/mol. The summed E-state index contributed by atoms with van der Waals surface area (Å²) in [5.74, 6) is 0.871. The molecule has 1 amide bonds. The number of halogens is 1. The fraction of sp³-hybridized carbons (Fsp3) is 0.611. The molecule has 2 fully saturated rings. The lowest BCUT2D eigenvalue weighted by atomic mass is 9.98. The molecule has 2 heterocycles. The third kappa shape index (κ3) is 4.85. The van der Waals surface area contributed by atoms with Crippen molar-refractivity contribution in [1.82, 2.24) is 10.2 Å². The lowest BCUT2D eigenvalue weighted by Crippen LogP contribution is -2.48. The lowest BCUT2D eigenvalue weighted by molar-refractivity contribution is -0.117. The van der Waals surface area contributed by atoms with Crippen molar-refractivity contribution in [2.24, 2.45) is 0 Å². The zero-order chi connectivity index (χ0) is 16.2. The number of benzene rings is 1. The quantitative estimate of drug-likeness (QED) is 0.825. The van der Waals surface area contributed by atoms with E-state index in [1.54, 1.807) is 0 Å². The molecule has 0 aliphatic carbocycles. The predicted octanol–water partition coefficient (Wildman–Crippen LogP) is 2.66. The van der Waals surface area contributed by atoms with Crippen LogP contribution in [0.5, 0.6) is 5.75 Å². The molecule has 2 saturated heterocycles. The molecule has 3 rings (SSSR count). The number of anilines is 1. The topological polar surface area (TPSA) is 53.6 Å². The van der Waals surface area contributed by atoms with E-state index in [1.165, 1.54) is 12.8 Å². The average molecular weight is 354 g/mol. The van der Waals surface area contributed by atoms with Crippen molar-refractivity contribution >= 4 is 24.0 Å². The highest BCUT2D eigenvalue weighted by Crippen LogP contribution is 2.29. The summed E-state index contributed by atoms with van der Waals surface area (Å²) in [4.78, 5) is 14.5. The molecule has 1 aromatic rings. The van der Waals surface area contributed by atoms with Crippen molar-refractivity contribution in [3.63, 3.8) is 0 Å². The van der Waals surface area contributed by atoms with Gasteiger partial charge in [0.05, 0.1) is 13.2 Å². The molecule has 24 heavy (non-hydrogen) atoms. The number of fused-ring (bicyclic) bond motifs is 2. The van der Waals surface area contributed by atoms with Gasteiger partial charge in [-0.1, -0.05) is 0 Å². The molecule has 0 radical (unpaired) electrons. The Kier molecular flexibility index (Phi) is 6.90. The SMILES string of the molecule is CCOc1ccc(NC(=O)CN(C)C2CC3CCC(C2)N3)cc1.Cl. The number of hydrogen-bond acceptors (Lipinski definition) is 4. The maximum absolute atomic E-state index is 12.3. The van der Waals surface area contributed by atoms with Crippen molar-refractivity contribution in [3.05, 3.63) is 24.3 Å². The number of likely N-dealkylation sites (N-methyl/N-ethyl adjacent to an activating group) is 1. The number of carbonyl (C=O) groups is 1. The van der Waals surface area contributed by atoms with Gasteiger partial charge in [0.15, 0.2) is 0 Å². The molecule has 2 N–H and O–H groups in total. The van der Waals surface area contributed by atoms with Crippen LogP contribution in [0.3, 0.4) is 0 Å². The molecule has 0 aromatic heterocycles. The van der Waals surface area contributed by atoms with Crippen molar-refractivity contribution in [3.8, 4) is 5.75 Å². The van der Waals surface area contributed by atoms with Crippen LogP contribution < -0.4 is 15.4 Å². The van der Waals surface area contributed by atoms with Crippen LogP contribution in [-0.2, 0) is 4.79 Å². The number of nitrogens with zero attached hydrogens (tertiary/aromatic N) is 1. The minimum absolute atomic E-state index is 0. The molecular weight excluding hydrogens is 326 g/mol. The Labute approximate surface area is 150 Å². The number of nitrogens with one attached hydrogen (secondary N) is 2. The molecule has 2 aliphatic rings. The first kappa shape index (κ1) is 19.0. The van der Waals surface area contributed by atoms with E-state index in [4.69, 9.17) is 4.74 Å². The van der Waals surface area contributed by atoms with Gasteiger partial charge in [0, 0.05) is 23.8 Å². The summed E-state index contributed by atoms with van der Waals surface area (Å²) >= 11 is 0. The van der Waals surface area contributed by atoms with Crippen molar-refractivity contribution in [2.75, 3.05) is 25.5 Å².